The molecular formula is C8H7BrF2N2O. The molecule has 3 nitrogen and oxygen atoms in total. The average Bonchev–Trinajstić information content (AvgIpc) is 2.02. The SMILES string of the molecule is CC(F)(F)C(=O)Nc1ccnc(Br)c1. The van der Waals surface area contributed by atoms with E-state index in [1.807, 2.05) is 0 Å². The van der Waals surface area contributed by atoms with Crippen LogP contribution in [0.1, 0.15) is 6.92 Å². The van der Waals surface area contributed by atoms with E-state index in [0.717, 1.165) is 0 Å². The molecule has 0 fully saturated rings. The molecule has 0 aliphatic rings. The molecule has 1 N–H and O–H groups in total. The van der Waals surface area contributed by atoms with E-state index in [0.29, 0.717) is 11.5 Å². The lowest BCUT2D eigenvalue weighted by Gasteiger charge is -2.10. The van der Waals surface area contributed by atoms with Gasteiger partial charge in [0.15, 0.2) is 0 Å². The van der Waals surface area contributed by atoms with Gasteiger partial charge in [0.1, 0.15) is 4.60 Å². The number of alkyl halides is 2. The topological polar surface area (TPSA) is 42.0 Å². The van der Waals surface area contributed by atoms with Crippen molar-refractivity contribution in [2.45, 2.75) is 12.8 Å². The molecule has 0 unspecified atom stereocenters. The summed E-state index contributed by atoms with van der Waals surface area (Å²) in [6.07, 6.45) is 1.40. The zero-order valence-corrected chi connectivity index (χ0v) is 8.81. The first-order valence-corrected chi connectivity index (χ1v) is 4.50. The van der Waals surface area contributed by atoms with E-state index in [4.69, 9.17) is 0 Å². The maximum absolute atomic E-state index is 12.5. The highest BCUT2D eigenvalue weighted by atomic mass is 79.9. The normalized spacial score (nSPS) is 11.1. The van der Waals surface area contributed by atoms with Crippen LogP contribution in [0.5, 0.6) is 0 Å². The number of nitrogens with one attached hydrogen (secondary N) is 1. The van der Waals surface area contributed by atoms with E-state index >= 15 is 0 Å². The highest BCUT2D eigenvalue weighted by Gasteiger charge is 2.32. The van der Waals surface area contributed by atoms with Gasteiger partial charge in [0.25, 0.3) is 5.91 Å². The van der Waals surface area contributed by atoms with Gasteiger partial charge in [-0.05, 0) is 28.1 Å². The minimum absolute atomic E-state index is 0.276. The molecule has 0 aliphatic heterocycles. The summed E-state index contributed by atoms with van der Waals surface area (Å²) < 4.78 is 25.4. The number of pyridine rings is 1. The van der Waals surface area contributed by atoms with Crippen molar-refractivity contribution in [3.8, 4) is 0 Å². The number of carbonyl (C=O) groups is 1. The third-order valence-corrected chi connectivity index (χ3v) is 1.82. The summed E-state index contributed by atoms with van der Waals surface area (Å²) in [5.74, 6) is -4.72. The number of hydrogen-bond acceptors (Lipinski definition) is 2. The Morgan fingerprint density at radius 2 is 2.29 bits per heavy atom. The first-order valence-electron chi connectivity index (χ1n) is 3.70. The Labute approximate surface area is 87.7 Å². The predicted octanol–water partition coefficient (Wildman–Crippen LogP) is 2.44. The molecule has 1 aromatic heterocycles. The summed E-state index contributed by atoms with van der Waals surface area (Å²) in [4.78, 5) is 14.6. The Morgan fingerprint density at radius 3 is 2.79 bits per heavy atom. The van der Waals surface area contributed by atoms with Crippen molar-refractivity contribution in [1.82, 2.24) is 4.98 Å². The van der Waals surface area contributed by atoms with E-state index < -0.39 is 11.8 Å². The van der Waals surface area contributed by atoms with Gasteiger partial charge in [-0.3, -0.25) is 4.79 Å². The standard InChI is InChI=1S/C8H7BrF2N2O/c1-8(10,11)7(14)13-5-2-3-12-6(9)4-5/h2-4H,1H3,(H,12,13,14). The van der Waals surface area contributed by atoms with Crippen LogP contribution in [0.4, 0.5) is 14.5 Å². The van der Waals surface area contributed by atoms with Crippen molar-refractivity contribution in [1.29, 1.82) is 0 Å². The molecule has 0 saturated heterocycles. The second-order valence-corrected chi connectivity index (χ2v) is 3.52. The van der Waals surface area contributed by atoms with Crippen LogP contribution in [0.2, 0.25) is 0 Å². The van der Waals surface area contributed by atoms with Gasteiger partial charge in [-0.1, -0.05) is 0 Å². The third kappa shape index (κ3) is 3.02. The summed E-state index contributed by atoms with van der Waals surface area (Å²) in [7, 11) is 0. The molecule has 76 valence electrons. The molecule has 0 bridgehead atoms. The van der Waals surface area contributed by atoms with Crippen molar-refractivity contribution in [2.24, 2.45) is 0 Å². The van der Waals surface area contributed by atoms with Crippen LogP contribution in [0.3, 0.4) is 0 Å². The molecular weight excluding hydrogens is 258 g/mol. The largest absolute Gasteiger partial charge is 0.322 e. The maximum atomic E-state index is 12.5. The lowest BCUT2D eigenvalue weighted by molar-refractivity contribution is -0.137. The van der Waals surface area contributed by atoms with E-state index in [1.165, 1.54) is 18.3 Å². The van der Waals surface area contributed by atoms with E-state index in [2.05, 4.69) is 26.2 Å². The Balaban J connectivity index is 2.75. The van der Waals surface area contributed by atoms with Crippen molar-refractivity contribution in [3.05, 3.63) is 22.9 Å². The van der Waals surface area contributed by atoms with E-state index in [-0.39, 0.29) is 5.69 Å². The van der Waals surface area contributed by atoms with Crippen molar-refractivity contribution >= 4 is 27.5 Å². The van der Waals surface area contributed by atoms with Crippen LogP contribution in [-0.2, 0) is 4.79 Å². The Kier molecular flexibility index (Phi) is 3.15. The molecule has 0 aromatic carbocycles. The smallest absolute Gasteiger partial charge is 0.321 e. The van der Waals surface area contributed by atoms with Gasteiger partial charge in [0.05, 0.1) is 0 Å². The van der Waals surface area contributed by atoms with Gasteiger partial charge >= 0.3 is 5.92 Å². The molecule has 0 radical (unpaired) electrons. The molecule has 1 amide bonds. The van der Waals surface area contributed by atoms with Gasteiger partial charge in [-0.15, -0.1) is 0 Å². The fourth-order valence-electron chi connectivity index (χ4n) is 0.721. The molecule has 1 aromatic rings. The molecule has 1 heterocycles. The van der Waals surface area contributed by atoms with Crippen molar-refractivity contribution in [2.75, 3.05) is 5.32 Å². The van der Waals surface area contributed by atoms with Gasteiger partial charge < -0.3 is 5.32 Å². The molecule has 14 heavy (non-hydrogen) atoms. The zero-order chi connectivity index (χ0) is 10.8. The summed E-state index contributed by atoms with van der Waals surface area (Å²) >= 11 is 3.05. The predicted molar refractivity (Wildman–Crippen MR) is 51.2 cm³/mol. The number of anilines is 1. The number of hydrogen-bond donors (Lipinski definition) is 1. The number of rotatable bonds is 2. The van der Waals surface area contributed by atoms with Crippen LogP contribution < -0.4 is 5.32 Å². The lowest BCUT2D eigenvalue weighted by atomic mass is 10.3. The summed E-state index contributed by atoms with van der Waals surface area (Å²) in [5.41, 5.74) is 0.276. The molecule has 1 rings (SSSR count). The Morgan fingerprint density at radius 1 is 1.64 bits per heavy atom. The van der Waals surface area contributed by atoms with Crippen molar-refractivity contribution in [3.63, 3.8) is 0 Å². The summed E-state index contributed by atoms with van der Waals surface area (Å²) in [6, 6.07) is 2.86. The highest BCUT2D eigenvalue weighted by molar-refractivity contribution is 9.10. The average molecular weight is 265 g/mol. The van der Waals surface area contributed by atoms with Crippen LogP contribution >= 0.6 is 15.9 Å². The van der Waals surface area contributed by atoms with Gasteiger partial charge in [-0.25, -0.2) is 4.98 Å². The minimum Gasteiger partial charge on any atom is -0.321 e. The molecule has 0 atom stereocenters. The lowest BCUT2D eigenvalue weighted by Crippen LogP contribution is -2.31. The first kappa shape index (κ1) is 11.0. The maximum Gasteiger partial charge on any atom is 0.322 e. The van der Waals surface area contributed by atoms with Gasteiger partial charge in [-0.2, -0.15) is 8.78 Å². The molecule has 6 heteroatoms. The highest BCUT2D eigenvalue weighted by Crippen LogP contribution is 2.17. The quantitative estimate of drug-likeness (QED) is 0.834. The van der Waals surface area contributed by atoms with E-state index in [1.54, 1.807) is 0 Å². The number of nitrogens with zero attached hydrogens (tertiary/aromatic N) is 1. The minimum atomic E-state index is -3.38. The van der Waals surface area contributed by atoms with Crippen LogP contribution in [0.15, 0.2) is 22.9 Å². The second kappa shape index (κ2) is 4.00. The number of halogens is 3. The van der Waals surface area contributed by atoms with Crippen LogP contribution in [0, 0.1) is 0 Å². The molecule has 0 aliphatic carbocycles. The van der Waals surface area contributed by atoms with Gasteiger partial charge in [0, 0.05) is 18.8 Å². The molecule has 0 spiro atoms. The number of aromatic nitrogens is 1. The first-order chi connectivity index (χ1) is 6.39. The second-order valence-electron chi connectivity index (χ2n) is 2.71. The van der Waals surface area contributed by atoms with E-state index in [9.17, 15) is 13.6 Å². The molecule has 0 saturated carbocycles. The number of carbonyl (C=O) groups excluding carboxylic acids is 1. The van der Waals surface area contributed by atoms with Crippen LogP contribution in [-0.4, -0.2) is 16.8 Å². The fraction of sp³-hybridized carbons (Fsp3) is 0.250. The number of amides is 1. The Bertz CT molecular complexity index is 351. The zero-order valence-electron chi connectivity index (χ0n) is 7.22. The third-order valence-electron chi connectivity index (χ3n) is 1.38. The fourth-order valence-corrected chi connectivity index (χ4v) is 1.09. The van der Waals surface area contributed by atoms with Gasteiger partial charge in [0.2, 0.25) is 0 Å². The monoisotopic (exact) mass is 264 g/mol. The Hall–Kier alpha value is -1.04. The summed E-state index contributed by atoms with van der Waals surface area (Å²) in [6.45, 7) is 0.540. The van der Waals surface area contributed by atoms with Crippen LogP contribution in [0.25, 0.3) is 0 Å². The van der Waals surface area contributed by atoms with Crippen molar-refractivity contribution < 1.29 is 13.6 Å². The summed E-state index contributed by atoms with van der Waals surface area (Å²) in [5, 5.41) is 2.06.